The highest BCUT2D eigenvalue weighted by Crippen LogP contribution is 2.02. The molecule has 1 aromatic carbocycles. The van der Waals surface area contributed by atoms with Gasteiger partial charge in [0.15, 0.2) is 0 Å². The van der Waals surface area contributed by atoms with E-state index in [1.165, 1.54) is 0 Å². The fourth-order valence-electron chi connectivity index (χ4n) is 1.74. The van der Waals surface area contributed by atoms with Gasteiger partial charge in [0.25, 0.3) is 0 Å². The fourth-order valence-corrected chi connectivity index (χ4v) is 1.74. The molecule has 0 aliphatic carbocycles. The molecule has 0 saturated carbocycles. The number of nitrogens with two attached hydrogens (primary N) is 1. The quantitative estimate of drug-likeness (QED) is 0.708. The van der Waals surface area contributed by atoms with Crippen molar-refractivity contribution >= 4 is 12.2 Å². The van der Waals surface area contributed by atoms with Crippen molar-refractivity contribution in [1.29, 1.82) is 0 Å². The zero-order chi connectivity index (χ0) is 13.4. The predicted octanol–water partition coefficient (Wildman–Crippen LogP) is 1.04. The summed E-state index contributed by atoms with van der Waals surface area (Å²) in [7, 11) is 0. The van der Waals surface area contributed by atoms with Gasteiger partial charge in [-0.05, 0) is 18.4 Å². The summed E-state index contributed by atoms with van der Waals surface area (Å²) in [4.78, 5) is 22.6. The molecule has 4 heteroatoms. The van der Waals surface area contributed by atoms with Crippen LogP contribution in [0.4, 0.5) is 0 Å². The van der Waals surface area contributed by atoms with Crippen molar-refractivity contribution < 1.29 is 9.59 Å². The van der Waals surface area contributed by atoms with Gasteiger partial charge in [-0.3, -0.25) is 4.79 Å². The number of carbonyl (C=O) groups is 2. The first-order valence-electron chi connectivity index (χ1n) is 6.22. The lowest BCUT2D eigenvalue weighted by molar-refractivity contribution is -0.125. The van der Waals surface area contributed by atoms with Crippen LogP contribution in [0, 0.1) is 0 Å². The maximum absolute atomic E-state index is 11.8. The molecule has 0 spiro atoms. The Balaban J connectivity index is 2.48. The van der Waals surface area contributed by atoms with E-state index in [-0.39, 0.29) is 5.91 Å². The molecule has 1 aromatic rings. The van der Waals surface area contributed by atoms with Crippen LogP contribution in [-0.2, 0) is 16.0 Å². The van der Waals surface area contributed by atoms with Gasteiger partial charge in [-0.15, -0.1) is 0 Å². The zero-order valence-electron chi connectivity index (χ0n) is 10.6. The van der Waals surface area contributed by atoms with Crippen molar-refractivity contribution in [2.45, 2.75) is 38.3 Å². The van der Waals surface area contributed by atoms with Crippen molar-refractivity contribution in [2.75, 3.05) is 0 Å². The summed E-state index contributed by atoms with van der Waals surface area (Å²) in [5, 5.41) is 2.66. The van der Waals surface area contributed by atoms with E-state index in [0.29, 0.717) is 12.8 Å². The van der Waals surface area contributed by atoms with E-state index in [1.807, 2.05) is 37.3 Å². The number of nitrogens with one attached hydrogen (secondary N) is 1. The third kappa shape index (κ3) is 4.67. The zero-order valence-corrected chi connectivity index (χ0v) is 10.6. The molecule has 0 radical (unpaired) electrons. The molecule has 98 valence electrons. The van der Waals surface area contributed by atoms with Crippen LogP contribution in [-0.4, -0.2) is 24.3 Å². The SMILES string of the molecule is CCC[C@@H](C=O)NC(=O)[C@@H](N)Cc1ccccc1. The first kappa shape index (κ1) is 14.4. The van der Waals surface area contributed by atoms with Crippen molar-refractivity contribution in [3.8, 4) is 0 Å². The van der Waals surface area contributed by atoms with Crippen LogP contribution in [0.3, 0.4) is 0 Å². The van der Waals surface area contributed by atoms with Crippen LogP contribution < -0.4 is 11.1 Å². The monoisotopic (exact) mass is 248 g/mol. The van der Waals surface area contributed by atoms with Crippen LogP contribution >= 0.6 is 0 Å². The van der Waals surface area contributed by atoms with Gasteiger partial charge >= 0.3 is 0 Å². The second kappa shape index (κ2) is 7.61. The Morgan fingerprint density at radius 2 is 2.06 bits per heavy atom. The Morgan fingerprint density at radius 1 is 1.39 bits per heavy atom. The molecular formula is C14H20N2O2. The highest BCUT2D eigenvalue weighted by atomic mass is 16.2. The molecule has 0 bridgehead atoms. The highest BCUT2D eigenvalue weighted by molar-refractivity contribution is 5.84. The van der Waals surface area contributed by atoms with Crippen LogP contribution in [0.1, 0.15) is 25.3 Å². The summed E-state index contributed by atoms with van der Waals surface area (Å²) in [6.07, 6.45) is 2.73. The second-order valence-corrected chi connectivity index (χ2v) is 4.34. The lowest BCUT2D eigenvalue weighted by atomic mass is 10.1. The number of hydrogen-bond donors (Lipinski definition) is 2. The van der Waals surface area contributed by atoms with E-state index in [0.717, 1.165) is 18.3 Å². The number of carbonyl (C=O) groups excluding carboxylic acids is 2. The topological polar surface area (TPSA) is 72.2 Å². The molecule has 1 amide bonds. The molecule has 0 saturated heterocycles. The lowest BCUT2D eigenvalue weighted by Gasteiger charge is -2.16. The third-order valence-corrected chi connectivity index (χ3v) is 2.73. The molecule has 0 unspecified atom stereocenters. The molecule has 1 rings (SSSR count). The predicted molar refractivity (Wildman–Crippen MR) is 71.0 cm³/mol. The van der Waals surface area contributed by atoms with Gasteiger partial charge in [0.05, 0.1) is 12.1 Å². The first-order valence-corrected chi connectivity index (χ1v) is 6.22. The summed E-state index contributed by atoms with van der Waals surface area (Å²) in [5.74, 6) is -0.274. The highest BCUT2D eigenvalue weighted by Gasteiger charge is 2.17. The molecule has 0 heterocycles. The third-order valence-electron chi connectivity index (χ3n) is 2.73. The molecule has 0 fully saturated rings. The van der Waals surface area contributed by atoms with Gasteiger partial charge in [-0.25, -0.2) is 0 Å². The Bertz CT molecular complexity index is 379. The van der Waals surface area contributed by atoms with Crippen molar-refractivity contribution in [3.05, 3.63) is 35.9 Å². The number of aldehydes is 1. The summed E-state index contributed by atoms with van der Waals surface area (Å²) in [6, 6.07) is 8.54. The van der Waals surface area contributed by atoms with Crippen LogP contribution in [0.2, 0.25) is 0 Å². The Morgan fingerprint density at radius 3 is 2.61 bits per heavy atom. The second-order valence-electron chi connectivity index (χ2n) is 4.34. The maximum Gasteiger partial charge on any atom is 0.237 e. The smallest absolute Gasteiger partial charge is 0.237 e. The van der Waals surface area contributed by atoms with Crippen molar-refractivity contribution in [3.63, 3.8) is 0 Å². The van der Waals surface area contributed by atoms with Gasteiger partial charge in [0.2, 0.25) is 5.91 Å². The van der Waals surface area contributed by atoms with E-state index in [2.05, 4.69) is 5.32 Å². The number of rotatable bonds is 7. The van der Waals surface area contributed by atoms with E-state index in [1.54, 1.807) is 0 Å². The summed E-state index contributed by atoms with van der Waals surface area (Å²) in [6.45, 7) is 1.96. The minimum atomic E-state index is -0.619. The average Bonchev–Trinajstić information content (AvgIpc) is 2.39. The van der Waals surface area contributed by atoms with Gasteiger partial charge in [0, 0.05) is 0 Å². The largest absolute Gasteiger partial charge is 0.345 e. The van der Waals surface area contributed by atoms with Gasteiger partial charge < -0.3 is 15.8 Å². The lowest BCUT2D eigenvalue weighted by Crippen LogP contribution is -2.46. The summed E-state index contributed by atoms with van der Waals surface area (Å²) >= 11 is 0. The molecule has 18 heavy (non-hydrogen) atoms. The molecule has 2 atom stereocenters. The molecule has 3 N–H and O–H groups in total. The van der Waals surface area contributed by atoms with Crippen molar-refractivity contribution in [1.82, 2.24) is 5.32 Å². The minimum Gasteiger partial charge on any atom is -0.345 e. The number of hydrogen-bond acceptors (Lipinski definition) is 3. The number of amides is 1. The first-order chi connectivity index (χ1) is 8.67. The maximum atomic E-state index is 11.8. The Kier molecular flexibility index (Phi) is 6.08. The van der Waals surface area contributed by atoms with Gasteiger partial charge in [0.1, 0.15) is 6.29 Å². The van der Waals surface area contributed by atoms with E-state index in [4.69, 9.17) is 5.73 Å². The fraction of sp³-hybridized carbons (Fsp3) is 0.429. The molecule has 0 aliphatic rings. The Hall–Kier alpha value is -1.68. The summed E-state index contributed by atoms with van der Waals surface area (Å²) in [5.41, 5.74) is 6.83. The van der Waals surface area contributed by atoms with Gasteiger partial charge in [-0.1, -0.05) is 43.7 Å². The van der Waals surface area contributed by atoms with Crippen LogP contribution in [0.15, 0.2) is 30.3 Å². The molecular weight excluding hydrogens is 228 g/mol. The molecule has 4 nitrogen and oxygen atoms in total. The Labute approximate surface area is 108 Å². The van der Waals surface area contributed by atoms with E-state index < -0.39 is 12.1 Å². The normalized spacial score (nSPS) is 13.7. The van der Waals surface area contributed by atoms with Crippen LogP contribution in [0.25, 0.3) is 0 Å². The van der Waals surface area contributed by atoms with Crippen molar-refractivity contribution in [2.24, 2.45) is 5.73 Å². The van der Waals surface area contributed by atoms with E-state index in [9.17, 15) is 9.59 Å². The van der Waals surface area contributed by atoms with E-state index >= 15 is 0 Å². The summed E-state index contributed by atoms with van der Waals surface area (Å²) < 4.78 is 0. The number of benzene rings is 1. The van der Waals surface area contributed by atoms with Gasteiger partial charge in [-0.2, -0.15) is 0 Å². The van der Waals surface area contributed by atoms with Crippen LogP contribution in [0.5, 0.6) is 0 Å². The standard InChI is InChI=1S/C14H20N2O2/c1-2-6-12(10-17)16-14(18)13(15)9-11-7-4-3-5-8-11/h3-5,7-8,10,12-13H,2,6,9,15H2,1H3,(H,16,18)/t12-,13-/m0/s1. The average molecular weight is 248 g/mol. The molecule has 0 aliphatic heterocycles. The minimum absolute atomic E-state index is 0.274. The molecule has 0 aromatic heterocycles.